The number of aromatic nitrogens is 4. The first kappa shape index (κ1) is 20.6. The molecule has 0 radical (unpaired) electrons. The van der Waals surface area contributed by atoms with Gasteiger partial charge in [-0.3, -0.25) is 4.40 Å². The van der Waals surface area contributed by atoms with Crippen LogP contribution in [0.5, 0.6) is 0 Å². The molecule has 34 heavy (non-hydrogen) atoms. The minimum absolute atomic E-state index is 0.143. The molecule has 0 atom stereocenters. The van der Waals surface area contributed by atoms with Crippen molar-refractivity contribution in [3.63, 3.8) is 0 Å². The second-order valence-corrected chi connectivity index (χ2v) is 8.84. The number of hydrogen-bond donors (Lipinski definition) is 3. The molecule has 0 bridgehead atoms. The topological polar surface area (TPSA) is 101 Å². The maximum absolute atomic E-state index is 15.9. The molecule has 2 aromatic carbocycles. The van der Waals surface area contributed by atoms with Crippen molar-refractivity contribution in [2.45, 2.75) is 31.8 Å². The summed E-state index contributed by atoms with van der Waals surface area (Å²) in [5.41, 5.74) is 9.67. The molecule has 0 spiro atoms. The van der Waals surface area contributed by atoms with Gasteiger partial charge in [0.2, 0.25) is 0 Å². The molecule has 1 fully saturated rings. The fraction of sp³-hybridized carbons (Fsp3) is 0.192. The second-order valence-electron chi connectivity index (χ2n) is 8.84. The number of halogens is 1. The van der Waals surface area contributed by atoms with Crippen LogP contribution < -0.4 is 11.1 Å². The van der Waals surface area contributed by atoms with Gasteiger partial charge in [-0.15, -0.1) is 0 Å². The molecule has 1 aliphatic carbocycles. The first-order chi connectivity index (χ1) is 16.5. The molecule has 3 aromatic heterocycles. The highest BCUT2D eigenvalue weighted by molar-refractivity contribution is 5.89. The van der Waals surface area contributed by atoms with Crippen LogP contribution in [-0.4, -0.2) is 30.6 Å². The second kappa shape index (κ2) is 7.78. The van der Waals surface area contributed by atoms with Crippen LogP contribution in [-0.2, 0) is 0 Å². The predicted molar refractivity (Wildman–Crippen MR) is 131 cm³/mol. The normalized spacial score (nSPS) is 17.7. The fourth-order valence-electron chi connectivity index (χ4n) is 4.63. The van der Waals surface area contributed by atoms with Crippen LogP contribution >= 0.6 is 0 Å². The summed E-state index contributed by atoms with van der Waals surface area (Å²) in [6.45, 7) is 1.94. The van der Waals surface area contributed by atoms with E-state index >= 15 is 4.39 Å². The number of aliphatic hydroxyl groups is 1. The molecule has 0 saturated heterocycles. The van der Waals surface area contributed by atoms with Gasteiger partial charge in [-0.2, -0.15) is 0 Å². The highest BCUT2D eigenvalue weighted by Gasteiger charge is 2.32. The number of nitrogens with one attached hydrogen (secondary N) is 1. The first-order valence-electron chi connectivity index (χ1n) is 11.2. The number of aryl methyl sites for hydroxylation is 1. The van der Waals surface area contributed by atoms with E-state index in [2.05, 4.69) is 20.3 Å². The molecule has 7 nitrogen and oxygen atoms in total. The molecule has 1 aliphatic rings. The number of hydrogen-bond acceptors (Lipinski definition) is 6. The van der Waals surface area contributed by atoms with E-state index in [1.165, 1.54) is 0 Å². The largest absolute Gasteiger partial charge is 0.393 e. The highest BCUT2D eigenvalue weighted by Crippen LogP contribution is 2.38. The SMILES string of the molecule is Cc1cc(Nc2ccccc2)nc2c(F)c(-c3cn4c(C5CC(O)C5)ncc4c(N)n3)ccc12. The number of fused-ring (bicyclic) bond motifs is 2. The number of nitrogens with zero attached hydrogens (tertiary/aromatic N) is 4. The van der Waals surface area contributed by atoms with Gasteiger partial charge in [0.15, 0.2) is 5.82 Å². The number of imidazole rings is 1. The number of nitrogens with two attached hydrogens (primary N) is 1. The van der Waals surface area contributed by atoms with Crippen molar-refractivity contribution in [3.05, 3.63) is 78.1 Å². The van der Waals surface area contributed by atoms with Crippen LogP contribution in [0.15, 0.2) is 60.9 Å². The van der Waals surface area contributed by atoms with Crippen LogP contribution in [0.4, 0.5) is 21.7 Å². The zero-order chi connectivity index (χ0) is 23.4. The van der Waals surface area contributed by atoms with E-state index < -0.39 is 5.82 Å². The number of nitrogen functional groups attached to an aromatic ring is 1. The van der Waals surface area contributed by atoms with Gasteiger partial charge in [0.25, 0.3) is 0 Å². The van der Waals surface area contributed by atoms with Gasteiger partial charge in [-0.1, -0.05) is 24.3 Å². The average Bonchev–Trinajstić information content (AvgIpc) is 3.22. The summed E-state index contributed by atoms with van der Waals surface area (Å²) in [7, 11) is 0. The minimum Gasteiger partial charge on any atom is -0.393 e. The van der Waals surface area contributed by atoms with Gasteiger partial charge in [0.1, 0.15) is 28.5 Å². The summed E-state index contributed by atoms with van der Waals surface area (Å²) < 4.78 is 17.7. The summed E-state index contributed by atoms with van der Waals surface area (Å²) in [5, 5.41) is 13.7. The lowest BCUT2D eigenvalue weighted by atomic mass is 9.82. The Morgan fingerprint density at radius 3 is 2.68 bits per heavy atom. The van der Waals surface area contributed by atoms with E-state index in [4.69, 9.17) is 5.73 Å². The van der Waals surface area contributed by atoms with E-state index in [1.54, 1.807) is 18.5 Å². The van der Waals surface area contributed by atoms with Crippen molar-refractivity contribution in [1.82, 2.24) is 19.4 Å². The van der Waals surface area contributed by atoms with Crippen molar-refractivity contribution >= 4 is 33.7 Å². The number of rotatable bonds is 4. The molecular formula is C26H23FN6O. The molecule has 3 heterocycles. The van der Waals surface area contributed by atoms with Gasteiger partial charge in [0.05, 0.1) is 18.0 Å². The number of aliphatic hydroxyl groups excluding tert-OH is 1. The lowest BCUT2D eigenvalue weighted by Gasteiger charge is -2.30. The van der Waals surface area contributed by atoms with Crippen molar-refractivity contribution in [2.24, 2.45) is 0 Å². The monoisotopic (exact) mass is 454 g/mol. The van der Waals surface area contributed by atoms with Gasteiger partial charge in [0, 0.05) is 28.8 Å². The standard InChI is InChI=1S/C26H23FN6O/c1-14-9-22(30-16-5-3-2-4-6-16)32-24-18(14)7-8-19(23(24)27)20-13-33-21(25(28)31-20)12-29-26(33)15-10-17(34)11-15/h2-9,12-13,15,17,34H,10-11H2,1H3,(H2,28,31)(H,30,32). The highest BCUT2D eigenvalue weighted by atomic mass is 19.1. The van der Waals surface area contributed by atoms with E-state index in [9.17, 15) is 5.11 Å². The molecule has 4 N–H and O–H groups in total. The Morgan fingerprint density at radius 2 is 1.91 bits per heavy atom. The first-order valence-corrected chi connectivity index (χ1v) is 11.2. The van der Waals surface area contributed by atoms with E-state index in [1.807, 2.05) is 53.8 Å². The Labute approximate surface area is 195 Å². The Hall–Kier alpha value is -4.04. The molecule has 0 aliphatic heterocycles. The van der Waals surface area contributed by atoms with Gasteiger partial charge in [-0.25, -0.2) is 19.3 Å². The molecule has 5 aromatic rings. The van der Waals surface area contributed by atoms with Crippen LogP contribution in [0.25, 0.3) is 27.7 Å². The van der Waals surface area contributed by atoms with E-state index in [0.29, 0.717) is 35.4 Å². The molecule has 0 amide bonds. The number of benzene rings is 2. The summed E-state index contributed by atoms with van der Waals surface area (Å²) in [5.74, 6) is 1.34. The molecule has 6 rings (SSSR count). The fourth-order valence-corrected chi connectivity index (χ4v) is 4.63. The van der Waals surface area contributed by atoms with E-state index in [0.717, 1.165) is 22.5 Å². The van der Waals surface area contributed by atoms with Crippen molar-refractivity contribution in [1.29, 1.82) is 0 Å². The van der Waals surface area contributed by atoms with Crippen LogP contribution in [0.2, 0.25) is 0 Å². The van der Waals surface area contributed by atoms with Gasteiger partial charge >= 0.3 is 0 Å². The summed E-state index contributed by atoms with van der Waals surface area (Å²) >= 11 is 0. The van der Waals surface area contributed by atoms with Crippen LogP contribution in [0.3, 0.4) is 0 Å². The summed E-state index contributed by atoms with van der Waals surface area (Å²) in [4.78, 5) is 13.5. The third-order valence-corrected chi connectivity index (χ3v) is 6.51. The van der Waals surface area contributed by atoms with Crippen LogP contribution in [0.1, 0.15) is 30.1 Å². The predicted octanol–water partition coefficient (Wildman–Crippen LogP) is 4.96. The minimum atomic E-state index is -0.454. The molecule has 0 unspecified atom stereocenters. The number of anilines is 3. The van der Waals surface area contributed by atoms with Crippen LogP contribution in [0, 0.1) is 12.7 Å². The number of pyridine rings is 1. The zero-order valence-corrected chi connectivity index (χ0v) is 18.5. The Kier molecular flexibility index (Phi) is 4.70. The molecular weight excluding hydrogens is 431 g/mol. The number of para-hydroxylation sites is 1. The summed E-state index contributed by atoms with van der Waals surface area (Å²) in [6, 6.07) is 15.1. The third kappa shape index (κ3) is 3.34. The lowest BCUT2D eigenvalue weighted by Crippen LogP contribution is -2.28. The average molecular weight is 455 g/mol. The summed E-state index contributed by atoms with van der Waals surface area (Å²) in [6.07, 6.45) is 4.45. The Morgan fingerprint density at radius 1 is 1.12 bits per heavy atom. The molecule has 8 heteroatoms. The van der Waals surface area contributed by atoms with Crippen molar-refractivity contribution < 1.29 is 9.50 Å². The molecule has 170 valence electrons. The van der Waals surface area contributed by atoms with Gasteiger partial charge in [-0.05, 0) is 49.6 Å². The Bertz CT molecular complexity index is 1540. The quantitative estimate of drug-likeness (QED) is 0.355. The Balaban J connectivity index is 1.46. The third-order valence-electron chi connectivity index (χ3n) is 6.51. The zero-order valence-electron chi connectivity index (χ0n) is 18.5. The van der Waals surface area contributed by atoms with E-state index in [-0.39, 0.29) is 23.4 Å². The maximum Gasteiger partial charge on any atom is 0.158 e. The van der Waals surface area contributed by atoms with Crippen molar-refractivity contribution in [3.8, 4) is 11.3 Å². The smallest absolute Gasteiger partial charge is 0.158 e. The lowest BCUT2D eigenvalue weighted by molar-refractivity contribution is 0.0715. The van der Waals surface area contributed by atoms with Gasteiger partial charge < -0.3 is 16.2 Å². The molecule has 1 saturated carbocycles. The maximum atomic E-state index is 15.9. The van der Waals surface area contributed by atoms with Crippen molar-refractivity contribution in [2.75, 3.05) is 11.1 Å².